The Hall–Kier alpha value is -1.12. The third-order valence-electron chi connectivity index (χ3n) is 3.19. The summed E-state index contributed by atoms with van der Waals surface area (Å²) >= 11 is 0. The molecular formula is C14H21F3N2O2S. The summed E-state index contributed by atoms with van der Waals surface area (Å²) in [5.41, 5.74) is 0.0893. The summed E-state index contributed by atoms with van der Waals surface area (Å²) in [5, 5.41) is 3.09. The lowest BCUT2D eigenvalue weighted by atomic mass is 10.1. The van der Waals surface area contributed by atoms with Crippen LogP contribution in [-0.4, -0.2) is 38.6 Å². The van der Waals surface area contributed by atoms with E-state index in [2.05, 4.69) is 5.32 Å². The van der Waals surface area contributed by atoms with Crippen LogP contribution < -0.4 is 5.32 Å². The summed E-state index contributed by atoms with van der Waals surface area (Å²) < 4.78 is 61.4. The maximum Gasteiger partial charge on any atom is 0.416 e. The number of sulfonamides is 1. The highest BCUT2D eigenvalue weighted by Gasteiger charge is 2.29. The van der Waals surface area contributed by atoms with Crippen LogP contribution in [0.1, 0.15) is 24.5 Å². The van der Waals surface area contributed by atoms with Crippen LogP contribution in [0.3, 0.4) is 0 Å². The van der Waals surface area contributed by atoms with E-state index in [9.17, 15) is 21.6 Å². The van der Waals surface area contributed by atoms with Gasteiger partial charge in [0.1, 0.15) is 0 Å². The van der Waals surface area contributed by atoms with Crippen LogP contribution in [0.15, 0.2) is 24.3 Å². The Bertz CT molecular complexity index is 556. The Morgan fingerprint density at radius 2 is 1.77 bits per heavy atom. The second-order valence-electron chi connectivity index (χ2n) is 4.98. The Balaban J connectivity index is 2.33. The topological polar surface area (TPSA) is 49.4 Å². The van der Waals surface area contributed by atoms with E-state index in [-0.39, 0.29) is 0 Å². The number of halogens is 3. The molecule has 0 aliphatic heterocycles. The zero-order valence-electron chi connectivity index (χ0n) is 12.7. The van der Waals surface area contributed by atoms with Crippen LogP contribution in [0, 0.1) is 0 Å². The van der Waals surface area contributed by atoms with Gasteiger partial charge < -0.3 is 5.32 Å². The van der Waals surface area contributed by atoms with E-state index in [0.29, 0.717) is 32.6 Å². The molecule has 1 aromatic carbocycles. The largest absolute Gasteiger partial charge is 0.416 e. The molecule has 0 heterocycles. The highest BCUT2D eigenvalue weighted by molar-refractivity contribution is 7.88. The van der Waals surface area contributed by atoms with Crippen molar-refractivity contribution in [2.45, 2.75) is 26.1 Å². The van der Waals surface area contributed by atoms with Crippen molar-refractivity contribution < 1.29 is 21.6 Å². The zero-order valence-corrected chi connectivity index (χ0v) is 13.5. The van der Waals surface area contributed by atoms with E-state index in [1.54, 1.807) is 6.92 Å². The Morgan fingerprint density at radius 3 is 2.23 bits per heavy atom. The van der Waals surface area contributed by atoms with Gasteiger partial charge in [-0.2, -0.15) is 13.2 Å². The minimum atomic E-state index is -4.32. The monoisotopic (exact) mass is 338 g/mol. The van der Waals surface area contributed by atoms with E-state index < -0.39 is 21.8 Å². The van der Waals surface area contributed by atoms with Crippen LogP contribution in [0.2, 0.25) is 0 Å². The molecule has 4 nitrogen and oxygen atoms in total. The van der Waals surface area contributed by atoms with Crippen molar-refractivity contribution in [3.8, 4) is 0 Å². The van der Waals surface area contributed by atoms with Gasteiger partial charge in [-0.15, -0.1) is 0 Å². The second kappa shape index (κ2) is 7.94. The smallest absolute Gasteiger partial charge is 0.313 e. The maximum absolute atomic E-state index is 12.4. The molecule has 0 saturated carbocycles. The van der Waals surface area contributed by atoms with Gasteiger partial charge in [0.15, 0.2) is 0 Å². The minimum Gasteiger partial charge on any atom is -0.313 e. The van der Waals surface area contributed by atoms with Gasteiger partial charge >= 0.3 is 6.18 Å². The van der Waals surface area contributed by atoms with Crippen molar-refractivity contribution >= 4 is 10.0 Å². The maximum atomic E-state index is 12.4. The molecule has 126 valence electrons. The molecule has 0 bridgehead atoms. The van der Waals surface area contributed by atoms with Gasteiger partial charge in [-0.1, -0.05) is 19.1 Å². The zero-order chi connectivity index (χ0) is 16.8. The number of benzene rings is 1. The summed E-state index contributed by atoms with van der Waals surface area (Å²) in [6.07, 6.45) is -2.51. The van der Waals surface area contributed by atoms with Crippen molar-refractivity contribution in [2.24, 2.45) is 0 Å². The van der Waals surface area contributed by atoms with Crippen molar-refractivity contribution in [3.63, 3.8) is 0 Å². The van der Waals surface area contributed by atoms with Gasteiger partial charge in [0.25, 0.3) is 0 Å². The van der Waals surface area contributed by atoms with Crippen LogP contribution in [0.25, 0.3) is 0 Å². The summed E-state index contributed by atoms with van der Waals surface area (Å²) in [5.74, 6) is 0. The quantitative estimate of drug-likeness (QED) is 0.741. The molecule has 0 fully saturated rings. The number of alkyl halides is 3. The first-order chi connectivity index (χ1) is 10.1. The first-order valence-electron chi connectivity index (χ1n) is 6.96. The number of rotatable bonds is 8. The predicted octanol–water partition coefficient (Wildman–Crippen LogP) is 2.47. The lowest BCUT2D eigenvalue weighted by Gasteiger charge is -2.17. The summed E-state index contributed by atoms with van der Waals surface area (Å²) in [6, 6.07) is 4.98. The highest BCUT2D eigenvalue weighted by Crippen LogP contribution is 2.28. The molecule has 0 atom stereocenters. The number of nitrogens with one attached hydrogen (secondary N) is 1. The van der Waals surface area contributed by atoms with Crippen molar-refractivity contribution in [3.05, 3.63) is 35.4 Å². The molecule has 0 saturated heterocycles. The fraction of sp³-hybridized carbons (Fsp3) is 0.571. The number of hydrogen-bond acceptors (Lipinski definition) is 3. The number of hydrogen-bond donors (Lipinski definition) is 1. The molecule has 0 aromatic heterocycles. The average Bonchev–Trinajstić information content (AvgIpc) is 2.41. The highest BCUT2D eigenvalue weighted by atomic mass is 32.2. The summed E-state index contributed by atoms with van der Waals surface area (Å²) in [4.78, 5) is 0. The third-order valence-corrected chi connectivity index (χ3v) is 4.57. The molecule has 1 rings (SSSR count). The van der Waals surface area contributed by atoms with E-state index in [0.717, 1.165) is 17.7 Å². The average molecular weight is 338 g/mol. The molecular weight excluding hydrogens is 317 g/mol. The Labute approximate surface area is 129 Å². The molecule has 1 aromatic rings. The number of nitrogens with zero attached hydrogens (tertiary/aromatic N) is 1. The van der Waals surface area contributed by atoms with Gasteiger partial charge in [-0.3, -0.25) is 0 Å². The first-order valence-corrected chi connectivity index (χ1v) is 8.81. The van der Waals surface area contributed by atoms with Crippen LogP contribution in [0.4, 0.5) is 13.2 Å². The van der Waals surface area contributed by atoms with E-state index >= 15 is 0 Å². The van der Waals surface area contributed by atoms with Gasteiger partial charge in [0, 0.05) is 19.6 Å². The summed E-state index contributed by atoms with van der Waals surface area (Å²) in [7, 11) is -3.17. The Kier molecular flexibility index (Phi) is 6.83. The second-order valence-corrected chi connectivity index (χ2v) is 6.96. The fourth-order valence-electron chi connectivity index (χ4n) is 1.98. The van der Waals surface area contributed by atoms with Gasteiger partial charge in [-0.25, -0.2) is 12.7 Å². The molecule has 1 N–H and O–H groups in total. The molecule has 0 aliphatic carbocycles. The van der Waals surface area contributed by atoms with Crippen molar-refractivity contribution in [1.29, 1.82) is 0 Å². The van der Waals surface area contributed by atoms with Crippen LogP contribution >= 0.6 is 0 Å². The first kappa shape index (κ1) is 18.9. The molecule has 0 unspecified atom stereocenters. The molecule has 8 heteroatoms. The van der Waals surface area contributed by atoms with Gasteiger partial charge in [0.05, 0.1) is 11.8 Å². The molecule has 0 aliphatic rings. The normalized spacial score (nSPS) is 12.8. The van der Waals surface area contributed by atoms with E-state index in [1.807, 2.05) is 0 Å². The fourth-order valence-corrected chi connectivity index (χ4v) is 2.91. The molecule has 0 radical (unpaired) electrons. The van der Waals surface area contributed by atoms with E-state index in [1.165, 1.54) is 22.7 Å². The Morgan fingerprint density at radius 1 is 1.18 bits per heavy atom. The minimum absolute atomic E-state index is 0.426. The lowest BCUT2D eigenvalue weighted by Crippen LogP contribution is -2.32. The van der Waals surface area contributed by atoms with Crippen molar-refractivity contribution in [2.75, 3.05) is 25.9 Å². The standard InChI is InChI=1S/C14H21F3N2O2S/c1-3-19(22(2,20)21)10-4-9-18-11-12-5-7-13(8-6-12)14(15,16)17/h5-8,18H,3-4,9-11H2,1-2H3. The van der Waals surface area contributed by atoms with Gasteiger partial charge in [0.2, 0.25) is 10.0 Å². The van der Waals surface area contributed by atoms with Crippen LogP contribution in [-0.2, 0) is 22.7 Å². The van der Waals surface area contributed by atoms with Gasteiger partial charge in [-0.05, 0) is 30.7 Å². The molecule has 0 amide bonds. The molecule has 22 heavy (non-hydrogen) atoms. The summed E-state index contributed by atoms with van der Waals surface area (Å²) in [6.45, 7) is 3.67. The predicted molar refractivity (Wildman–Crippen MR) is 79.9 cm³/mol. The third kappa shape index (κ3) is 6.33. The lowest BCUT2D eigenvalue weighted by molar-refractivity contribution is -0.137. The van der Waals surface area contributed by atoms with Crippen LogP contribution in [0.5, 0.6) is 0 Å². The van der Waals surface area contributed by atoms with Crippen molar-refractivity contribution in [1.82, 2.24) is 9.62 Å². The van der Waals surface area contributed by atoms with E-state index in [4.69, 9.17) is 0 Å². The molecule has 0 spiro atoms. The SMILES string of the molecule is CCN(CCCNCc1ccc(C(F)(F)F)cc1)S(C)(=O)=O.